The molecule has 0 saturated carbocycles. The average molecular weight is 350 g/mol. The van der Waals surface area contributed by atoms with Crippen LogP contribution in [0.3, 0.4) is 0 Å². The highest BCUT2D eigenvalue weighted by Gasteiger charge is 2.13. The summed E-state index contributed by atoms with van der Waals surface area (Å²) >= 11 is 0. The number of rotatable bonds is 8. The van der Waals surface area contributed by atoms with Crippen LogP contribution in [0, 0.1) is 0 Å². The van der Waals surface area contributed by atoms with Crippen molar-refractivity contribution in [2.24, 2.45) is 0 Å². The van der Waals surface area contributed by atoms with E-state index < -0.39 is 6.61 Å². The standard InChI is InChI=1S/C18H20F2N2O3/c1-12(15-5-3-4-6-16(15)24-2)22-17(23)11-21-13-7-9-14(10-8-13)25-18(19)20/h3-10,12,18,21H,11H2,1-2H3,(H,22,23). The van der Waals surface area contributed by atoms with E-state index in [1.807, 2.05) is 31.2 Å². The lowest BCUT2D eigenvalue weighted by molar-refractivity contribution is -0.120. The molecule has 0 radical (unpaired) electrons. The fourth-order valence-corrected chi connectivity index (χ4v) is 2.33. The summed E-state index contributed by atoms with van der Waals surface area (Å²) in [4.78, 5) is 12.1. The normalized spacial score (nSPS) is 11.7. The van der Waals surface area contributed by atoms with Crippen molar-refractivity contribution in [1.82, 2.24) is 5.32 Å². The predicted molar refractivity (Wildman–Crippen MR) is 91.1 cm³/mol. The first-order valence-corrected chi connectivity index (χ1v) is 7.70. The molecule has 134 valence electrons. The fraction of sp³-hybridized carbons (Fsp3) is 0.278. The summed E-state index contributed by atoms with van der Waals surface area (Å²) < 4.78 is 33.7. The minimum absolute atomic E-state index is 0.0501. The van der Waals surface area contributed by atoms with Gasteiger partial charge in [-0.3, -0.25) is 4.79 Å². The monoisotopic (exact) mass is 350 g/mol. The Labute approximate surface area is 144 Å². The summed E-state index contributed by atoms with van der Waals surface area (Å²) in [5.41, 5.74) is 1.51. The highest BCUT2D eigenvalue weighted by atomic mass is 19.3. The van der Waals surface area contributed by atoms with Crippen molar-refractivity contribution in [2.75, 3.05) is 19.0 Å². The molecule has 0 spiro atoms. The van der Waals surface area contributed by atoms with Crippen molar-refractivity contribution >= 4 is 11.6 Å². The Balaban J connectivity index is 1.86. The number of amides is 1. The highest BCUT2D eigenvalue weighted by Crippen LogP contribution is 2.24. The van der Waals surface area contributed by atoms with Gasteiger partial charge in [0.15, 0.2) is 0 Å². The molecule has 0 fully saturated rings. The molecule has 1 unspecified atom stereocenters. The number of nitrogens with one attached hydrogen (secondary N) is 2. The third-order valence-corrected chi connectivity index (χ3v) is 3.52. The van der Waals surface area contributed by atoms with E-state index >= 15 is 0 Å². The van der Waals surface area contributed by atoms with E-state index in [2.05, 4.69) is 15.4 Å². The highest BCUT2D eigenvalue weighted by molar-refractivity contribution is 5.81. The zero-order chi connectivity index (χ0) is 18.2. The van der Waals surface area contributed by atoms with Crippen LogP contribution in [0.25, 0.3) is 0 Å². The number of para-hydroxylation sites is 1. The topological polar surface area (TPSA) is 59.6 Å². The number of methoxy groups -OCH3 is 1. The maximum absolute atomic E-state index is 12.1. The lowest BCUT2D eigenvalue weighted by Gasteiger charge is -2.17. The van der Waals surface area contributed by atoms with Gasteiger partial charge in [-0.05, 0) is 37.3 Å². The van der Waals surface area contributed by atoms with Crippen LogP contribution in [0.5, 0.6) is 11.5 Å². The van der Waals surface area contributed by atoms with Gasteiger partial charge in [0.1, 0.15) is 11.5 Å². The molecular weight excluding hydrogens is 330 g/mol. The maximum atomic E-state index is 12.1. The minimum Gasteiger partial charge on any atom is -0.496 e. The second-order valence-corrected chi connectivity index (χ2v) is 5.29. The lowest BCUT2D eigenvalue weighted by Crippen LogP contribution is -2.32. The van der Waals surface area contributed by atoms with Gasteiger partial charge in [0, 0.05) is 11.3 Å². The second kappa shape index (κ2) is 8.86. The Morgan fingerprint density at radius 1 is 1.12 bits per heavy atom. The number of halogens is 2. The molecule has 0 heterocycles. The predicted octanol–water partition coefficient (Wildman–Crippen LogP) is 3.59. The van der Waals surface area contributed by atoms with Crippen LogP contribution >= 0.6 is 0 Å². The first kappa shape index (κ1) is 18.5. The van der Waals surface area contributed by atoms with Gasteiger partial charge in [0.2, 0.25) is 5.91 Å². The summed E-state index contributed by atoms with van der Waals surface area (Å²) in [7, 11) is 1.58. The number of carbonyl (C=O) groups is 1. The van der Waals surface area contributed by atoms with Gasteiger partial charge in [-0.25, -0.2) is 0 Å². The summed E-state index contributed by atoms with van der Waals surface area (Å²) in [6.07, 6.45) is 0. The smallest absolute Gasteiger partial charge is 0.387 e. The number of anilines is 1. The molecule has 7 heteroatoms. The molecule has 25 heavy (non-hydrogen) atoms. The third-order valence-electron chi connectivity index (χ3n) is 3.52. The molecule has 0 aliphatic rings. The van der Waals surface area contributed by atoms with Crippen LogP contribution in [-0.4, -0.2) is 26.2 Å². The average Bonchev–Trinajstić information content (AvgIpc) is 2.60. The van der Waals surface area contributed by atoms with Crippen LogP contribution < -0.4 is 20.1 Å². The van der Waals surface area contributed by atoms with E-state index in [0.717, 1.165) is 5.56 Å². The first-order chi connectivity index (χ1) is 12.0. The number of benzene rings is 2. The maximum Gasteiger partial charge on any atom is 0.387 e. The number of alkyl halides is 2. The number of carbonyl (C=O) groups excluding carboxylic acids is 1. The zero-order valence-electron chi connectivity index (χ0n) is 14.0. The second-order valence-electron chi connectivity index (χ2n) is 5.29. The van der Waals surface area contributed by atoms with Crippen LogP contribution in [0.1, 0.15) is 18.5 Å². The van der Waals surface area contributed by atoms with E-state index in [0.29, 0.717) is 11.4 Å². The lowest BCUT2D eigenvalue weighted by atomic mass is 10.1. The van der Waals surface area contributed by atoms with Crippen LogP contribution in [0.4, 0.5) is 14.5 Å². The molecule has 0 bridgehead atoms. The molecule has 0 saturated heterocycles. The summed E-state index contributed by atoms with van der Waals surface area (Å²) in [5, 5.41) is 5.80. The third kappa shape index (κ3) is 5.63. The van der Waals surface area contributed by atoms with Gasteiger partial charge in [-0.1, -0.05) is 18.2 Å². The fourth-order valence-electron chi connectivity index (χ4n) is 2.33. The molecule has 1 amide bonds. The van der Waals surface area contributed by atoms with E-state index in [-0.39, 0.29) is 24.2 Å². The van der Waals surface area contributed by atoms with Crippen molar-refractivity contribution < 1.29 is 23.0 Å². The van der Waals surface area contributed by atoms with Crippen molar-refractivity contribution in [2.45, 2.75) is 19.6 Å². The Kier molecular flexibility index (Phi) is 6.56. The first-order valence-electron chi connectivity index (χ1n) is 7.70. The molecule has 5 nitrogen and oxygen atoms in total. The van der Waals surface area contributed by atoms with Gasteiger partial charge >= 0.3 is 6.61 Å². The van der Waals surface area contributed by atoms with E-state index in [9.17, 15) is 13.6 Å². The quantitative estimate of drug-likeness (QED) is 0.764. The van der Waals surface area contributed by atoms with Crippen molar-refractivity contribution in [1.29, 1.82) is 0 Å². The van der Waals surface area contributed by atoms with Crippen molar-refractivity contribution in [3.63, 3.8) is 0 Å². The number of hydrogen-bond acceptors (Lipinski definition) is 4. The van der Waals surface area contributed by atoms with E-state index in [4.69, 9.17) is 4.74 Å². The minimum atomic E-state index is -2.86. The van der Waals surface area contributed by atoms with Crippen LogP contribution in [-0.2, 0) is 4.79 Å². The molecule has 0 aromatic heterocycles. The Bertz CT molecular complexity index is 693. The Hall–Kier alpha value is -2.83. The van der Waals surface area contributed by atoms with Gasteiger partial charge in [-0.2, -0.15) is 8.78 Å². The number of ether oxygens (including phenoxy) is 2. The van der Waals surface area contributed by atoms with Crippen LogP contribution in [0.2, 0.25) is 0 Å². The van der Waals surface area contributed by atoms with Gasteiger partial charge in [-0.15, -0.1) is 0 Å². The SMILES string of the molecule is COc1ccccc1C(C)NC(=O)CNc1ccc(OC(F)F)cc1. The van der Waals surface area contributed by atoms with Gasteiger partial charge in [0.05, 0.1) is 19.7 Å². The van der Waals surface area contributed by atoms with Crippen molar-refractivity contribution in [3.8, 4) is 11.5 Å². The summed E-state index contributed by atoms with van der Waals surface area (Å²) in [6.45, 7) is -0.943. The van der Waals surface area contributed by atoms with Gasteiger partial charge < -0.3 is 20.1 Å². The molecule has 1 atom stereocenters. The number of hydrogen-bond donors (Lipinski definition) is 2. The molecule has 2 aromatic rings. The van der Waals surface area contributed by atoms with Crippen LogP contribution in [0.15, 0.2) is 48.5 Å². The molecule has 2 aromatic carbocycles. The van der Waals surface area contributed by atoms with Crippen molar-refractivity contribution in [3.05, 3.63) is 54.1 Å². The van der Waals surface area contributed by atoms with E-state index in [1.54, 1.807) is 19.2 Å². The zero-order valence-corrected chi connectivity index (χ0v) is 14.0. The summed E-state index contributed by atoms with van der Waals surface area (Å²) in [6, 6.07) is 13.2. The molecule has 0 aliphatic carbocycles. The summed E-state index contributed by atoms with van der Waals surface area (Å²) in [5.74, 6) is 0.569. The molecule has 2 rings (SSSR count). The molecule has 2 N–H and O–H groups in total. The Morgan fingerprint density at radius 3 is 2.44 bits per heavy atom. The van der Waals surface area contributed by atoms with E-state index in [1.165, 1.54) is 12.1 Å². The largest absolute Gasteiger partial charge is 0.496 e. The van der Waals surface area contributed by atoms with Gasteiger partial charge in [0.25, 0.3) is 0 Å². The molecule has 0 aliphatic heterocycles. The Morgan fingerprint density at radius 2 is 1.80 bits per heavy atom. The molecular formula is C18H20F2N2O3.